The smallest absolute Gasteiger partial charge is 0.159 e. The van der Waals surface area contributed by atoms with Gasteiger partial charge in [0.25, 0.3) is 0 Å². The molecule has 0 bridgehead atoms. The largest absolute Gasteiger partial charge is 0.495 e. The maximum Gasteiger partial charge on any atom is 0.159 e. The van der Waals surface area contributed by atoms with Gasteiger partial charge >= 0.3 is 0 Å². The van der Waals surface area contributed by atoms with Gasteiger partial charge in [-0.25, -0.2) is 8.78 Å². The number of nitrogens with one attached hydrogen (secondary N) is 1. The first kappa shape index (κ1) is 14.4. The van der Waals surface area contributed by atoms with Crippen molar-refractivity contribution in [2.24, 2.45) is 0 Å². The molecule has 2 aromatic rings. The van der Waals surface area contributed by atoms with Gasteiger partial charge in [0.1, 0.15) is 11.4 Å². The number of hydrogen-bond acceptors (Lipinski definition) is 3. The summed E-state index contributed by atoms with van der Waals surface area (Å²) in [5.74, 6) is -1.14. The summed E-state index contributed by atoms with van der Waals surface area (Å²) >= 11 is 0. The Hall–Kier alpha value is -2.01. The Morgan fingerprint density at radius 3 is 2.70 bits per heavy atom. The standard InChI is InChI=1S/C15H16F2N2O/c1-3-18-14(10-6-7-11(16)12(17)9-10)15-13(20-2)5-4-8-19-15/h4-9,14,18H,3H2,1-2H3. The first-order valence-electron chi connectivity index (χ1n) is 6.34. The van der Waals surface area contributed by atoms with Gasteiger partial charge in [-0.2, -0.15) is 0 Å². The van der Waals surface area contributed by atoms with E-state index in [9.17, 15) is 8.78 Å². The predicted molar refractivity (Wildman–Crippen MR) is 72.7 cm³/mol. The van der Waals surface area contributed by atoms with Crippen LogP contribution >= 0.6 is 0 Å². The molecule has 1 aromatic heterocycles. The van der Waals surface area contributed by atoms with Gasteiger partial charge in [0, 0.05) is 6.20 Å². The molecular weight excluding hydrogens is 262 g/mol. The molecule has 0 aliphatic rings. The van der Waals surface area contributed by atoms with Gasteiger partial charge in [0.15, 0.2) is 11.6 Å². The third-order valence-electron chi connectivity index (χ3n) is 2.98. The molecule has 1 heterocycles. The third kappa shape index (κ3) is 2.93. The summed E-state index contributed by atoms with van der Waals surface area (Å²) in [7, 11) is 1.55. The average molecular weight is 278 g/mol. The fraction of sp³-hybridized carbons (Fsp3) is 0.267. The van der Waals surface area contributed by atoms with E-state index in [4.69, 9.17) is 4.74 Å². The fourth-order valence-electron chi connectivity index (χ4n) is 2.06. The van der Waals surface area contributed by atoms with Crippen LogP contribution < -0.4 is 10.1 Å². The number of rotatable bonds is 5. The number of halogens is 2. The van der Waals surface area contributed by atoms with Crippen LogP contribution in [0.2, 0.25) is 0 Å². The summed E-state index contributed by atoms with van der Waals surface area (Å²) in [6.45, 7) is 2.59. The zero-order chi connectivity index (χ0) is 14.5. The van der Waals surface area contributed by atoms with E-state index < -0.39 is 11.6 Å². The van der Waals surface area contributed by atoms with Crippen LogP contribution in [0.15, 0.2) is 36.5 Å². The van der Waals surface area contributed by atoms with E-state index in [1.54, 1.807) is 31.5 Å². The van der Waals surface area contributed by atoms with Gasteiger partial charge in [-0.3, -0.25) is 4.98 Å². The Labute approximate surface area is 116 Å². The van der Waals surface area contributed by atoms with E-state index in [1.807, 2.05) is 6.92 Å². The van der Waals surface area contributed by atoms with Gasteiger partial charge in [0.05, 0.1) is 13.2 Å². The molecule has 0 saturated heterocycles. The van der Waals surface area contributed by atoms with Crippen molar-refractivity contribution in [3.8, 4) is 5.75 Å². The van der Waals surface area contributed by atoms with E-state index in [-0.39, 0.29) is 6.04 Å². The number of aromatic nitrogens is 1. The molecule has 0 spiro atoms. The van der Waals surface area contributed by atoms with Crippen molar-refractivity contribution in [2.75, 3.05) is 13.7 Å². The number of benzene rings is 1. The molecule has 5 heteroatoms. The van der Waals surface area contributed by atoms with Crippen molar-refractivity contribution in [2.45, 2.75) is 13.0 Å². The Kier molecular flexibility index (Phi) is 4.63. The van der Waals surface area contributed by atoms with Crippen molar-refractivity contribution in [3.05, 3.63) is 59.4 Å². The fourth-order valence-corrected chi connectivity index (χ4v) is 2.06. The molecule has 1 unspecified atom stereocenters. The normalized spacial score (nSPS) is 12.2. The Morgan fingerprint density at radius 2 is 2.05 bits per heavy atom. The van der Waals surface area contributed by atoms with E-state index in [2.05, 4.69) is 10.3 Å². The molecule has 2 rings (SSSR count). The summed E-state index contributed by atoms with van der Waals surface area (Å²) in [6, 6.07) is 7.02. The second kappa shape index (κ2) is 6.43. The van der Waals surface area contributed by atoms with Crippen LogP contribution in [0.5, 0.6) is 5.75 Å². The summed E-state index contributed by atoms with van der Waals surface area (Å²) in [5, 5.41) is 3.20. The number of pyridine rings is 1. The molecule has 0 aliphatic heterocycles. The van der Waals surface area contributed by atoms with Crippen molar-refractivity contribution < 1.29 is 13.5 Å². The lowest BCUT2D eigenvalue weighted by atomic mass is 10.0. The second-order valence-electron chi connectivity index (χ2n) is 4.26. The molecule has 1 N–H and O–H groups in total. The zero-order valence-electron chi connectivity index (χ0n) is 11.4. The highest BCUT2D eigenvalue weighted by molar-refractivity contribution is 5.37. The first-order chi connectivity index (χ1) is 9.67. The van der Waals surface area contributed by atoms with Crippen LogP contribution in [-0.4, -0.2) is 18.6 Å². The van der Waals surface area contributed by atoms with Crippen molar-refractivity contribution in [1.82, 2.24) is 10.3 Å². The maximum absolute atomic E-state index is 13.4. The highest BCUT2D eigenvalue weighted by Crippen LogP contribution is 2.28. The monoisotopic (exact) mass is 278 g/mol. The van der Waals surface area contributed by atoms with Gasteiger partial charge < -0.3 is 10.1 Å². The maximum atomic E-state index is 13.4. The number of nitrogens with zero attached hydrogens (tertiary/aromatic N) is 1. The molecule has 0 saturated carbocycles. The van der Waals surface area contributed by atoms with Gasteiger partial charge in [-0.05, 0) is 36.4 Å². The molecule has 3 nitrogen and oxygen atoms in total. The van der Waals surface area contributed by atoms with Crippen LogP contribution in [0.1, 0.15) is 24.2 Å². The highest BCUT2D eigenvalue weighted by Gasteiger charge is 2.19. The molecule has 106 valence electrons. The minimum atomic E-state index is -0.875. The molecule has 20 heavy (non-hydrogen) atoms. The van der Waals surface area contributed by atoms with Crippen molar-refractivity contribution in [3.63, 3.8) is 0 Å². The third-order valence-corrected chi connectivity index (χ3v) is 2.98. The minimum absolute atomic E-state index is 0.355. The minimum Gasteiger partial charge on any atom is -0.495 e. The average Bonchev–Trinajstić information content (AvgIpc) is 2.48. The molecular formula is C15H16F2N2O. The van der Waals surface area contributed by atoms with Crippen LogP contribution in [0.25, 0.3) is 0 Å². The van der Waals surface area contributed by atoms with Crippen LogP contribution in [0.3, 0.4) is 0 Å². The second-order valence-corrected chi connectivity index (χ2v) is 4.26. The Morgan fingerprint density at radius 1 is 1.25 bits per heavy atom. The molecule has 0 amide bonds. The molecule has 0 radical (unpaired) electrons. The summed E-state index contributed by atoms with van der Waals surface area (Å²) in [6.07, 6.45) is 1.64. The number of ether oxygens (including phenoxy) is 1. The zero-order valence-corrected chi connectivity index (χ0v) is 11.4. The van der Waals surface area contributed by atoms with Crippen molar-refractivity contribution in [1.29, 1.82) is 0 Å². The predicted octanol–water partition coefficient (Wildman–Crippen LogP) is 3.07. The lowest BCUT2D eigenvalue weighted by molar-refractivity contribution is 0.400. The van der Waals surface area contributed by atoms with Crippen LogP contribution in [0, 0.1) is 11.6 Å². The lowest BCUT2D eigenvalue weighted by Gasteiger charge is -2.20. The first-order valence-corrected chi connectivity index (χ1v) is 6.34. The highest BCUT2D eigenvalue weighted by atomic mass is 19.2. The Balaban J connectivity index is 2.47. The van der Waals surface area contributed by atoms with E-state index in [0.717, 1.165) is 6.07 Å². The van der Waals surface area contributed by atoms with Crippen molar-refractivity contribution >= 4 is 0 Å². The summed E-state index contributed by atoms with van der Waals surface area (Å²) in [5.41, 5.74) is 1.24. The van der Waals surface area contributed by atoms with E-state index in [0.29, 0.717) is 23.6 Å². The van der Waals surface area contributed by atoms with Gasteiger partial charge in [-0.15, -0.1) is 0 Å². The SMILES string of the molecule is CCNC(c1ccc(F)c(F)c1)c1ncccc1OC. The quantitative estimate of drug-likeness (QED) is 0.912. The van der Waals surface area contributed by atoms with E-state index >= 15 is 0 Å². The lowest BCUT2D eigenvalue weighted by Crippen LogP contribution is -2.23. The van der Waals surface area contributed by atoms with Gasteiger partial charge in [-0.1, -0.05) is 13.0 Å². The number of hydrogen-bond donors (Lipinski definition) is 1. The topological polar surface area (TPSA) is 34.2 Å². The summed E-state index contributed by atoms with van der Waals surface area (Å²) < 4.78 is 31.8. The number of methoxy groups -OCH3 is 1. The van der Waals surface area contributed by atoms with Crippen LogP contribution in [-0.2, 0) is 0 Å². The molecule has 0 aliphatic carbocycles. The van der Waals surface area contributed by atoms with Gasteiger partial charge in [0.2, 0.25) is 0 Å². The molecule has 1 aromatic carbocycles. The van der Waals surface area contributed by atoms with E-state index in [1.165, 1.54) is 6.07 Å². The molecule has 0 fully saturated rings. The molecule has 1 atom stereocenters. The summed E-state index contributed by atoms with van der Waals surface area (Å²) in [4.78, 5) is 4.29. The Bertz CT molecular complexity index is 590. The van der Waals surface area contributed by atoms with Crippen LogP contribution in [0.4, 0.5) is 8.78 Å².